The fourth-order valence-corrected chi connectivity index (χ4v) is 3.86. The van der Waals surface area contributed by atoms with E-state index < -0.39 is 19.9 Å². The molecule has 0 saturated heterocycles. The van der Waals surface area contributed by atoms with Gasteiger partial charge in [-0.2, -0.15) is 0 Å². The summed E-state index contributed by atoms with van der Waals surface area (Å²) >= 11 is 0. The Morgan fingerprint density at radius 2 is 1.80 bits per heavy atom. The molecule has 1 aromatic rings. The fourth-order valence-electron chi connectivity index (χ4n) is 1.57. The molecule has 1 atom stereocenters. The van der Waals surface area contributed by atoms with Crippen LogP contribution < -0.4 is 10.0 Å². The van der Waals surface area contributed by atoms with Crippen LogP contribution in [0.3, 0.4) is 0 Å². The van der Waals surface area contributed by atoms with E-state index in [9.17, 15) is 16.8 Å². The molecular weight excluding hydrogens is 300 g/mol. The van der Waals surface area contributed by atoms with Gasteiger partial charge in [0.05, 0.1) is 10.6 Å². The summed E-state index contributed by atoms with van der Waals surface area (Å²) in [6.45, 7) is 3.61. The zero-order valence-corrected chi connectivity index (χ0v) is 13.6. The summed E-state index contributed by atoms with van der Waals surface area (Å²) in [5.41, 5.74) is 0.355. The molecule has 0 radical (unpaired) electrons. The molecule has 0 bridgehead atoms. The molecule has 8 heteroatoms. The Balaban J connectivity index is 3.41. The van der Waals surface area contributed by atoms with E-state index in [2.05, 4.69) is 10.0 Å². The summed E-state index contributed by atoms with van der Waals surface area (Å²) in [5.74, 6) is 0. The Bertz CT molecular complexity index is 681. The topological polar surface area (TPSA) is 92.3 Å². The number of benzene rings is 1. The van der Waals surface area contributed by atoms with Gasteiger partial charge in [0, 0.05) is 19.3 Å². The van der Waals surface area contributed by atoms with Gasteiger partial charge in [-0.1, -0.05) is 6.92 Å². The number of nitrogens with one attached hydrogen (secondary N) is 2. The highest BCUT2D eigenvalue weighted by molar-refractivity contribution is 7.91. The Kier molecular flexibility index (Phi) is 5.17. The van der Waals surface area contributed by atoms with Crippen molar-refractivity contribution in [1.29, 1.82) is 0 Å². The molecule has 0 aliphatic heterocycles. The maximum atomic E-state index is 12.3. The normalized spacial score (nSPS) is 14.0. The van der Waals surface area contributed by atoms with Crippen LogP contribution in [-0.4, -0.2) is 36.2 Å². The van der Waals surface area contributed by atoms with Gasteiger partial charge in [0.2, 0.25) is 10.0 Å². The molecule has 1 aromatic carbocycles. The minimum Gasteiger partial charge on any atom is -0.387 e. The maximum absolute atomic E-state index is 12.3. The molecule has 0 amide bonds. The number of rotatable bonds is 6. The van der Waals surface area contributed by atoms with Gasteiger partial charge in [-0.3, -0.25) is 0 Å². The second kappa shape index (κ2) is 6.11. The molecule has 0 heterocycles. The molecule has 6 nitrogen and oxygen atoms in total. The van der Waals surface area contributed by atoms with Crippen LogP contribution in [0.2, 0.25) is 0 Å². The largest absolute Gasteiger partial charge is 0.387 e. The predicted octanol–water partition coefficient (Wildman–Crippen LogP) is 1.21. The Hall–Kier alpha value is -1.12. The quantitative estimate of drug-likeness (QED) is 0.822. The van der Waals surface area contributed by atoms with E-state index in [1.54, 1.807) is 14.0 Å². The van der Waals surface area contributed by atoms with Crippen molar-refractivity contribution < 1.29 is 16.8 Å². The Morgan fingerprint density at radius 3 is 2.25 bits per heavy atom. The molecule has 0 fully saturated rings. The third-order valence-corrected chi connectivity index (χ3v) is 5.65. The van der Waals surface area contributed by atoms with Gasteiger partial charge in [0.25, 0.3) is 0 Å². The summed E-state index contributed by atoms with van der Waals surface area (Å²) in [4.78, 5) is -0.0933. The van der Waals surface area contributed by atoms with E-state index in [4.69, 9.17) is 0 Å². The predicted molar refractivity (Wildman–Crippen MR) is 79.2 cm³/mol. The molecule has 114 valence electrons. The van der Waals surface area contributed by atoms with Crippen LogP contribution in [0.1, 0.15) is 20.3 Å². The van der Waals surface area contributed by atoms with Crippen LogP contribution >= 0.6 is 0 Å². The summed E-state index contributed by atoms with van der Waals surface area (Å²) < 4.78 is 50.3. The minimum absolute atomic E-state index is 0.0268. The van der Waals surface area contributed by atoms with Crippen molar-refractivity contribution in [3.8, 4) is 0 Å². The van der Waals surface area contributed by atoms with Crippen LogP contribution in [0.25, 0.3) is 0 Å². The average molecular weight is 320 g/mol. The molecule has 1 unspecified atom stereocenters. The molecule has 2 N–H and O–H groups in total. The average Bonchev–Trinajstić information content (AvgIpc) is 2.36. The first kappa shape index (κ1) is 16.9. The SMILES string of the molecule is CCC(C)NS(=O)(=O)c1cc(S(C)(=O)=O)ccc1NC. The molecular formula is C12H20N2O4S2. The summed E-state index contributed by atoms with van der Waals surface area (Å²) in [6, 6.07) is 3.77. The van der Waals surface area contributed by atoms with E-state index in [1.165, 1.54) is 18.2 Å². The number of hydrogen-bond donors (Lipinski definition) is 2. The van der Waals surface area contributed by atoms with Crippen molar-refractivity contribution in [3.63, 3.8) is 0 Å². The first-order chi connectivity index (χ1) is 9.11. The molecule has 1 rings (SSSR count). The van der Waals surface area contributed by atoms with Gasteiger partial charge in [-0.25, -0.2) is 21.6 Å². The lowest BCUT2D eigenvalue weighted by Gasteiger charge is -2.15. The molecule has 0 aliphatic rings. The summed E-state index contributed by atoms with van der Waals surface area (Å²) in [7, 11) is -5.66. The van der Waals surface area contributed by atoms with Crippen LogP contribution in [-0.2, 0) is 19.9 Å². The van der Waals surface area contributed by atoms with Crippen LogP contribution in [0, 0.1) is 0 Å². The van der Waals surface area contributed by atoms with E-state index in [0.717, 1.165) is 6.26 Å². The van der Waals surface area contributed by atoms with Crippen molar-refractivity contribution in [2.45, 2.75) is 36.1 Å². The number of sulfonamides is 1. The zero-order chi connectivity index (χ0) is 15.6. The van der Waals surface area contributed by atoms with Gasteiger partial charge in [0.15, 0.2) is 9.84 Å². The van der Waals surface area contributed by atoms with Crippen molar-refractivity contribution in [1.82, 2.24) is 4.72 Å². The molecule has 0 spiro atoms. The van der Waals surface area contributed by atoms with E-state index in [0.29, 0.717) is 12.1 Å². The molecule has 0 aliphatic carbocycles. The van der Waals surface area contributed by atoms with Gasteiger partial charge in [-0.05, 0) is 31.5 Å². The van der Waals surface area contributed by atoms with Crippen LogP contribution in [0.4, 0.5) is 5.69 Å². The lowest BCUT2D eigenvalue weighted by Crippen LogP contribution is -2.32. The highest BCUT2D eigenvalue weighted by atomic mass is 32.2. The summed E-state index contributed by atoms with van der Waals surface area (Å²) in [5, 5.41) is 2.76. The lowest BCUT2D eigenvalue weighted by atomic mass is 10.3. The molecule has 0 saturated carbocycles. The smallest absolute Gasteiger partial charge is 0.242 e. The summed E-state index contributed by atoms with van der Waals surface area (Å²) in [6.07, 6.45) is 1.68. The van der Waals surface area contributed by atoms with E-state index >= 15 is 0 Å². The number of anilines is 1. The molecule has 20 heavy (non-hydrogen) atoms. The van der Waals surface area contributed by atoms with Gasteiger partial charge in [0.1, 0.15) is 4.90 Å². The standard InChI is InChI=1S/C12H20N2O4S2/c1-5-9(2)14-20(17,18)12-8-10(19(4,15)16)6-7-11(12)13-3/h6-9,13-14H,5H2,1-4H3. The zero-order valence-electron chi connectivity index (χ0n) is 12.0. The van der Waals surface area contributed by atoms with Crippen molar-refractivity contribution in [3.05, 3.63) is 18.2 Å². The van der Waals surface area contributed by atoms with Crippen molar-refractivity contribution >= 4 is 25.5 Å². The first-order valence-electron chi connectivity index (χ1n) is 6.16. The Labute approximate surface area is 120 Å². The highest BCUT2D eigenvalue weighted by Crippen LogP contribution is 2.25. The third-order valence-electron chi connectivity index (χ3n) is 2.91. The molecule has 0 aromatic heterocycles. The van der Waals surface area contributed by atoms with Crippen molar-refractivity contribution in [2.24, 2.45) is 0 Å². The van der Waals surface area contributed by atoms with Crippen LogP contribution in [0.15, 0.2) is 28.0 Å². The first-order valence-corrected chi connectivity index (χ1v) is 9.53. The van der Waals surface area contributed by atoms with Gasteiger partial charge in [-0.15, -0.1) is 0 Å². The van der Waals surface area contributed by atoms with E-state index in [1.807, 2.05) is 6.92 Å². The second-order valence-corrected chi connectivity index (χ2v) is 8.31. The third kappa shape index (κ3) is 3.94. The van der Waals surface area contributed by atoms with Gasteiger partial charge < -0.3 is 5.32 Å². The lowest BCUT2D eigenvalue weighted by molar-refractivity contribution is 0.556. The second-order valence-electron chi connectivity index (χ2n) is 4.61. The number of sulfone groups is 1. The van der Waals surface area contributed by atoms with E-state index in [-0.39, 0.29) is 15.8 Å². The maximum Gasteiger partial charge on any atom is 0.242 e. The Morgan fingerprint density at radius 1 is 1.20 bits per heavy atom. The fraction of sp³-hybridized carbons (Fsp3) is 0.500. The van der Waals surface area contributed by atoms with Crippen molar-refractivity contribution in [2.75, 3.05) is 18.6 Å². The highest BCUT2D eigenvalue weighted by Gasteiger charge is 2.22. The van der Waals surface area contributed by atoms with Crippen LogP contribution in [0.5, 0.6) is 0 Å². The van der Waals surface area contributed by atoms with Gasteiger partial charge >= 0.3 is 0 Å². The minimum atomic E-state index is -3.77. The number of hydrogen-bond acceptors (Lipinski definition) is 5. The monoisotopic (exact) mass is 320 g/mol.